The molecule has 3 rings (SSSR count). The van der Waals surface area contributed by atoms with Gasteiger partial charge in [-0.05, 0) is 86.4 Å². The fraction of sp³-hybridized carbons (Fsp3) is 0.920. The highest BCUT2D eigenvalue weighted by Crippen LogP contribution is 2.59. The third-order valence-corrected chi connectivity index (χ3v) is 9.11. The summed E-state index contributed by atoms with van der Waals surface area (Å²) >= 11 is 0. The molecule has 0 aliphatic heterocycles. The molecular weight excluding hydrogens is 364 g/mol. The van der Waals surface area contributed by atoms with Gasteiger partial charge in [-0.15, -0.1) is 0 Å². The minimum atomic E-state index is -0.702. The Morgan fingerprint density at radius 1 is 1.24 bits per heavy atom. The second-order valence-electron chi connectivity index (χ2n) is 10.8. The smallest absolute Gasteiger partial charge is 0.303 e. The maximum Gasteiger partial charge on any atom is 0.303 e. The minimum Gasteiger partial charge on any atom is -0.481 e. The first-order valence-corrected chi connectivity index (χ1v) is 12.2. The van der Waals surface area contributed by atoms with Crippen LogP contribution in [0.5, 0.6) is 0 Å². The van der Waals surface area contributed by atoms with E-state index >= 15 is 0 Å². The van der Waals surface area contributed by atoms with Crippen molar-refractivity contribution in [3.8, 4) is 0 Å². The zero-order valence-corrected chi connectivity index (χ0v) is 18.7. The molecule has 0 saturated heterocycles. The third kappa shape index (κ3) is 4.89. The molecule has 3 fully saturated rings. The predicted octanol–water partition coefficient (Wildman–Crippen LogP) is 5.47. The van der Waals surface area contributed by atoms with E-state index in [0.29, 0.717) is 41.8 Å². The van der Waals surface area contributed by atoms with E-state index in [-0.39, 0.29) is 23.9 Å². The molecule has 1 unspecified atom stereocenters. The topological polar surface area (TPSA) is 74.6 Å². The number of carbonyl (C=O) groups is 2. The summed E-state index contributed by atoms with van der Waals surface area (Å²) in [5.41, 5.74) is 0.194. The van der Waals surface area contributed by atoms with E-state index in [1.807, 2.05) is 0 Å². The largest absolute Gasteiger partial charge is 0.481 e. The molecule has 0 amide bonds. The Kier molecular flexibility index (Phi) is 7.46. The van der Waals surface area contributed by atoms with Gasteiger partial charge in [0, 0.05) is 18.8 Å². The fourth-order valence-electron chi connectivity index (χ4n) is 7.22. The lowest BCUT2D eigenvalue weighted by Crippen LogP contribution is -2.52. The van der Waals surface area contributed by atoms with Crippen LogP contribution in [-0.2, 0) is 9.59 Å². The van der Waals surface area contributed by atoms with Gasteiger partial charge in [0.1, 0.15) is 5.78 Å². The van der Waals surface area contributed by atoms with Crippen molar-refractivity contribution >= 4 is 11.8 Å². The summed E-state index contributed by atoms with van der Waals surface area (Å²) in [4.78, 5) is 24.3. The molecular formula is C25H42O4. The molecule has 8 atom stereocenters. The number of aliphatic carboxylic acids is 1. The number of unbranched alkanes of at least 4 members (excludes halogenated alkanes) is 1. The first-order chi connectivity index (χ1) is 13.8. The Bertz CT molecular complexity index is 587. The average Bonchev–Trinajstić information content (AvgIpc) is 3.15. The summed E-state index contributed by atoms with van der Waals surface area (Å²) in [6.07, 6.45) is 11.1. The van der Waals surface area contributed by atoms with Gasteiger partial charge in [0.15, 0.2) is 0 Å². The molecule has 29 heavy (non-hydrogen) atoms. The summed E-state index contributed by atoms with van der Waals surface area (Å²) < 4.78 is 0. The number of carboxylic acids is 1. The Hall–Kier alpha value is -0.900. The van der Waals surface area contributed by atoms with Crippen molar-refractivity contribution in [3.63, 3.8) is 0 Å². The molecule has 4 nitrogen and oxygen atoms in total. The monoisotopic (exact) mass is 406 g/mol. The van der Waals surface area contributed by atoms with Crippen LogP contribution in [0.2, 0.25) is 0 Å². The highest BCUT2D eigenvalue weighted by Gasteiger charge is 2.55. The second kappa shape index (κ2) is 9.49. The van der Waals surface area contributed by atoms with Gasteiger partial charge in [0.05, 0.1) is 6.10 Å². The zero-order valence-electron chi connectivity index (χ0n) is 18.7. The third-order valence-electron chi connectivity index (χ3n) is 9.11. The number of rotatable bonds is 8. The lowest BCUT2D eigenvalue weighted by Gasteiger charge is -2.55. The quantitative estimate of drug-likeness (QED) is 0.561. The van der Waals surface area contributed by atoms with Gasteiger partial charge in [0.25, 0.3) is 0 Å². The van der Waals surface area contributed by atoms with Crippen molar-refractivity contribution < 1.29 is 19.8 Å². The molecule has 166 valence electrons. The number of carboxylic acid groups (broad SMARTS) is 1. The fourth-order valence-corrected chi connectivity index (χ4v) is 7.22. The maximum absolute atomic E-state index is 13.4. The van der Waals surface area contributed by atoms with E-state index < -0.39 is 5.97 Å². The van der Waals surface area contributed by atoms with E-state index in [2.05, 4.69) is 20.8 Å². The number of hydrogen-bond acceptors (Lipinski definition) is 3. The van der Waals surface area contributed by atoms with Crippen LogP contribution in [0.1, 0.15) is 97.8 Å². The summed E-state index contributed by atoms with van der Waals surface area (Å²) in [6, 6.07) is 0. The Morgan fingerprint density at radius 3 is 2.69 bits per heavy atom. The lowest BCUT2D eigenvalue weighted by atomic mass is 9.49. The van der Waals surface area contributed by atoms with Crippen molar-refractivity contribution in [2.24, 2.45) is 40.9 Å². The molecule has 3 aliphatic rings. The second-order valence-corrected chi connectivity index (χ2v) is 10.8. The molecule has 0 heterocycles. The van der Waals surface area contributed by atoms with Gasteiger partial charge in [-0.3, -0.25) is 9.59 Å². The number of ketones is 1. The normalized spacial score (nSPS) is 41.2. The SMILES string of the molecule is CCCC[C@H]1[C@H]([C@@H]2CC[C@H](C(C)CCC(=O)O)C2)C(=O)C[C@@H]2C[C@H](O)CC[C@@]21C. The van der Waals surface area contributed by atoms with Gasteiger partial charge in [-0.2, -0.15) is 0 Å². The van der Waals surface area contributed by atoms with Crippen LogP contribution in [0, 0.1) is 40.9 Å². The van der Waals surface area contributed by atoms with Crippen LogP contribution >= 0.6 is 0 Å². The molecule has 4 heteroatoms. The number of carbonyl (C=O) groups excluding carboxylic acids is 1. The van der Waals surface area contributed by atoms with Crippen LogP contribution in [0.3, 0.4) is 0 Å². The number of aliphatic hydroxyl groups excluding tert-OH is 1. The maximum atomic E-state index is 13.4. The molecule has 3 aliphatic carbocycles. The Morgan fingerprint density at radius 2 is 2.00 bits per heavy atom. The van der Waals surface area contributed by atoms with Crippen LogP contribution in [-0.4, -0.2) is 28.1 Å². The molecule has 0 spiro atoms. The first-order valence-electron chi connectivity index (χ1n) is 12.2. The van der Waals surface area contributed by atoms with Crippen molar-refractivity contribution in [3.05, 3.63) is 0 Å². The molecule has 0 bridgehead atoms. The number of hydrogen-bond donors (Lipinski definition) is 2. The average molecular weight is 407 g/mol. The highest BCUT2D eigenvalue weighted by atomic mass is 16.4. The molecule has 0 aromatic carbocycles. The van der Waals surface area contributed by atoms with Gasteiger partial charge >= 0.3 is 5.97 Å². The highest BCUT2D eigenvalue weighted by molar-refractivity contribution is 5.83. The van der Waals surface area contributed by atoms with Crippen molar-refractivity contribution in [1.82, 2.24) is 0 Å². The number of fused-ring (bicyclic) bond motifs is 1. The van der Waals surface area contributed by atoms with Gasteiger partial charge in [-0.1, -0.05) is 33.6 Å². The van der Waals surface area contributed by atoms with Crippen LogP contribution < -0.4 is 0 Å². The first kappa shape index (κ1) is 22.8. The standard InChI is InChI=1S/C25H42O4/c1-4-5-6-21-24(18-9-8-17(13-18)16(2)7-10-23(28)29)22(27)15-19-14-20(26)11-12-25(19,21)3/h16-21,24,26H,4-15H2,1-3H3,(H,28,29)/t16?,17-,18+,19-,20+,21-,24-,25-/m0/s1. The summed E-state index contributed by atoms with van der Waals surface area (Å²) in [7, 11) is 0. The Labute approximate surface area is 176 Å². The molecule has 0 aromatic rings. The summed E-state index contributed by atoms with van der Waals surface area (Å²) in [5, 5.41) is 19.2. The Balaban J connectivity index is 1.74. The predicted molar refractivity (Wildman–Crippen MR) is 114 cm³/mol. The van der Waals surface area contributed by atoms with E-state index in [4.69, 9.17) is 5.11 Å². The number of Topliss-reactive ketones (excluding diaryl/α,β-unsaturated/α-hetero) is 1. The zero-order chi connectivity index (χ0) is 21.2. The molecule has 0 radical (unpaired) electrons. The van der Waals surface area contributed by atoms with Crippen LogP contribution in [0.15, 0.2) is 0 Å². The minimum absolute atomic E-state index is 0.190. The van der Waals surface area contributed by atoms with E-state index in [0.717, 1.165) is 51.4 Å². The van der Waals surface area contributed by atoms with Gasteiger partial charge in [0.2, 0.25) is 0 Å². The summed E-state index contributed by atoms with van der Waals surface area (Å²) in [6.45, 7) is 6.86. The van der Waals surface area contributed by atoms with Gasteiger partial charge in [-0.25, -0.2) is 0 Å². The summed E-state index contributed by atoms with van der Waals surface area (Å²) in [5.74, 6) is 2.23. The van der Waals surface area contributed by atoms with Crippen LogP contribution in [0.25, 0.3) is 0 Å². The molecule has 3 saturated carbocycles. The number of aliphatic hydroxyl groups is 1. The van der Waals surface area contributed by atoms with Crippen LogP contribution in [0.4, 0.5) is 0 Å². The lowest BCUT2D eigenvalue weighted by molar-refractivity contribution is -0.147. The van der Waals surface area contributed by atoms with Crippen molar-refractivity contribution in [1.29, 1.82) is 0 Å². The van der Waals surface area contributed by atoms with Crippen molar-refractivity contribution in [2.45, 2.75) is 104 Å². The van der Waals surface area contributed by atoms with E-state index in [1.165, 1.54) is 12.8 Å². The van der Waals surface area contributed by atoms with E-state index in [9.17, 15) is 14.7 Å². The van der Waals surface area contributed by atoms with E-state index in [1.54, 1.807) is 0 Å². The van der Waals surface area contributed by atoms with Gasteiger partial charge < -0.3 is 10.2 Å². The molecule has 0 aromatic heterocycles. The van der Waals surface area contributed by atoms with Crippen molar-refractivity contribution in [2.75, 3.05) is 0 Å². The molecule has 2 N–H and O–H groups in total.